The van der Waals surface area contributed by atoms with E-state index in [1.807, 2.05) is 13.8 Å². The van der Waals surface area contributed by atoms with Gasteiger partial charge >= 0.3 is 0 Å². The predicted octanol–water partition coefficient (Wildman–Crippen LogP) is 1.27. The average molecular weight is 232 g/mol. The molecule has 2 bridgehead atoms. The summed E-state index contributed by atoms with van der Waals surface area (Å²) in [5.41, 5.74) is -1.13. The third-order valence-electron chi connectivity index (χ3n) is 4.24. The molecule has 2 aliphatic rings. The number of Topliss-reactive ketones (excluding diaryl/α,β-unsaturated/α-hetero) is 1. The zero-order chi connectivity index (χ0) is 11.5. The van der Waals surface area contributed by atoms with E-state index in [4.69, 9.17) is 4.55 Å². The minimum Gasteiger partial charge on any atom is -0.299 e. The van der Waals surface area contributed by atoms with Crippen molar-refractivity contribution in [2.75, 3.05) is 5.75 Å². The maximum atomic E-state index is 12.0. The molecule has 86 valence electrons. The van der Waals surface area contributed by atoms with Gasteiger partial charge in [-0.3, -0.25) is 9.35 Å². The smallest absolute Gasteiger partial charge is 0.265 e. The molecule has 4 nitrogen and oxygen atoms in total. The standard InChI is InChI=1S/C10H16O4S/c1-9(2)5-7-3-4-10(9,8(7)11)6-15(12,13)14/h7H,3-6H2,1-2H3,(H,12,13,14). The monoisotopic (exact) mass is 232 g/mol. The number of rotatable bonds is 2. The normalized spacial score (nSPS) is 38.6. The van der Waals surface area contributed by atoms with Crippen LogP contribution in [-0.2, 0) is 14.9 Å². The molecule has 0 spiro atoms. The number of carbonyl (C=O) groups excluding carboxylic acids is 1. The lowest BCUT2D eigenvalue weighted by Gasteiger charge is -2.39. The quantitative estimate of drug-likeness (QED) is 0.728. The zero-order valence-electron chi connectivity index (χ0n) is 8.99. The fourth-order valence-corrected chi connectivity index (χ4v) is 4.69. The van der Waals surface area contributed by atoms with Crippen LogP contribution in [0.25, 0.3) is 0 Å². The van der Waals surface area contributed by atoms with Gasteiger partial charge in [0.05, 0.1) is 11.2 Å². The Labute approximate surface area is 89.8 Å². The molecule has 1 N–H and O–H groups in total. The molecule has 5 heteroatoms. The van der Waals surface area contributed by atoms with Gasteiger partial charge in [-0.1, -0.05) is 13.8 Å². The summed E-state index contributed by atoms with van der Waals surface area (Å²) in [6.07, 6.45) is 2.13. The molecular weight excluding hydrogens is 216 g/mol. The highest BCUT2D eigenvalue weighted by atomic mass is 32.2. The summed E-state index contributed by atoms with van der Waals surface area (Å²) >= 11 is 0. The predicted molar refractivity (Wildman–Crippen MR) is 55.0 cm³/mol. The van der Waals surface area contributed by atoms with Crippen molar-refractivity contribution in [2.45, 2.75) is 33.1 Å². The molecule has 2 aliphatic carbocycles. The molecule has 0 aromatic heterocycles. The Hall–Kier alpha value is -0.420. The molecule has 0 aromatic rings. The number of fused-ring (bicyclic) bond motifs is 2. The van der Waals surface area contributed by atoms with E-state index in [9.17, 15) is 13.2 Å². The molecule has 0 aromatic carbocycles. The topological polar surface area (TPSA) is 71.4 Å². The average Bonchev–Trinajstić information content (AvgIpc) is 2.37. The van der Waals surface area contributed by atoms with Gasteiger partial charge in [-0.25, -0.2) is 0 Å². The first kappa shape index (κ1) is 11.1. The maximum absolute atomic E-state index is 12.0. The number of carbonyl (C=O) groups is 1. The van der Waals surface area contributed by atoms with E-state index in [2.05, 4.69) is 0 Å². The number of hydrogen-bond acceptors (Lipinski definition) is 3. The van der Waals surface area contributed by atoms with Crippen molar-refractivity contribution in [1.29, 1.82) is 0 Å². The van der Waals surface area contributed by atoms with Gasteiger partial charge < -0.3 is 0 Å². The first-order valence-electron chi connectivity index (χ1n) is 5.17. The molecule has 0 heterocycles. The van der Waals surface area contributed by atoms with E-state index in [1.54, 1.807) is 0 Å². The number of hydrogen-bond donors (Lipinski definition) is 1. The lowest BCUT2D eigenvalue weighted by atomic mass is 9.66. The highest BCUT2D eigenvalue weighted by Gasteiger charge is 2.64. The molecule has 0 radical (unpaired) electrons. The van der Waals surface area contributed by atoms with Crippen LogP contribution >= 0.6 is 0 Å². The van der Waals surface area contributed by atoms with Crippen molar-refractivity contribution in [3.8, 4) is 0 Å². The lowest BCUT2D eigenvalue weighted by Crippen LogP contribution is -2.42. The van der Waals surface area contributed by atoms with Gasteiger partial charge in [0.25, 0.3) is 10.1 Å². The summed E-state index contributed by atoms with van der Waals surface area (Å²) in [4.78, 5) is 12.0. The summed E-state index contributed by atoms with van der Waals surface area (Å²) in [6.45, 7) is 3.85. The van der Waals surface area contributed by atoms with Crippen molar-refractivity contribution in [3.05, 3.63) is 0 Å². The third-order valence-corrected chi connectivity index (χ3v) is 5.10. The Morgan fingerprint density at radius 1 is 1.47 bits per heavy atom. The van der Waals surface area contributed by atoms with E-state index >= 15 is 0 Å². The Morgan fingerprint density at radius 2 is 2.07 bits per heavy atom. The van der Waals surface area contributed by atoms with Gasteiger partial charge in [0, 0.05) is 5.92 Å². The maximum Gasteiger partial charge on any atom is 0.265 e. The van der Waals surface area contributed by atoms with E-state index in [0.29, 0.717) is 6.42 Å². The Morgan fingerprint density at radius 3 is 2.40 bits per heavy atom. The summed E-state index contributed by atoms with van der Waals surface area (Å²) in [6, 6.07) is 0. The molecule has 0 saturated heterocycles. The molecule has 2 fully saturated rings. The van der Waals surface area contributed by atoms with Crippen LogP contribution in [0.1, 0.15) is 33.1 Å². The number of ketones is 1. The van der Waals surface area contributed by atoms with Crippen LogP contribution in [0.3, 0.4) is 0 Å². The first-order valence-corrected chi connectivity index (χ1v) is 6.78. The second-order valence-electron chi connectivity index (χ2n) is 5.50. The minimum atomic E-state index is -4.08. The highest BCUT2D eigenvalue weighted by Crippen LogP contribution is 2.62. The van der Waals surface area contributed by atoms with Gasteiger partial charge in [-0.15, -0.1) is 0 Å². The Kier molecular flexibility index (Phi) is 2.09. The van der Waals surface area contributed by atoms with Crippen LogP contribution in [0.4, 0.5) is 0 Å². The summed E-state index contributed by atoms with van der Waals surface area (Å²) in [7, 11) is -4.08. The minimum absolute atomic E-state index is 0.0155. The van der Waals surface area contributed by atoms with Gasteiger partial charge in [-0.2, -0.15) is 8.42 Å². The molecule has 15 heavy (non-hydrogen) atoms. The van der Waals surface area contributed by atoms with Gasteiger partial charge in [-0.05, 0) is 24.7 Å². The van der Waals surface area contributed by atoms with Crippen molar-refractivity contribution in [2.24, 2.45) is 16.7 Å². The molecule has 2 saturated carbocycles. The molecule has 0 amide bonds. The van der Waals surface area contributed by atoms with E-state index in [-0.39, 0.29) is 17.1 Å². The van der Waals surface area contributed by atoms with Crippen molar-refractivity contribution >= 4 is 15.9 Å². The van der Waals surface area contributed by atoms with Crippen LogP contribution in [0, 0.1) is 16.7 Å². The largest absolute Gasteiger partial charge is 0.299 e. The Balaban J connectivity index is 2.44. The van der Waals surface area contributed by atoms with E-state index in [0.717, 1.165) is 12.8 Å². The first-order chi connectivity index (χ1) is 6.68. The fourth-order valence-electron chi connectivity index (χ4n) is 3.39. The SMILES string of the molecule is CC1(C)CC2CCC1(CS(=O)(=O)O)C2=O. The molecule has 0 aliphatic heterocycles. The molecular formula is C10H16O4S. The summed E-state index contributed by atoms with van der Waals surface area (Å²) < 4.78 is 31.0. The van der Waals surface area contributed by atoms with Crippen LogP contribution in [0.15, 0.2) is 0 Å². The Bertz CT molecular complexity index is 409. The second-order valence-corrected chi connectivity index (χ2v) is 6.95. The van der Waals surface area contributed by atoms with Crippen LogP contribution in [0.2, 0.25) is 0 Å². The van der Waals surface area contributed by atoms with Gasteiger partial charge in [0.15, 0.2) is 0 Å². The summed E-state index contributed by atoms with van der Waals surface area (Å²) in [5, 5.41) is 0. The van der Waals surface area contributed by atoms with E-state index in [1.165, 1.54) is 0 Å². The molecule has 2 unspecified atom stereocenters. The fraction of sp³-hybridized carbons (Fsp3) is 0.900. The third kappa shape index (κ3) is 1.44. The lowest BCUT2D eigenvalue weighted by molar-refractivity contribution is -0.127. The van der Waals surface area contributed by atoms with Crippen molar-refractivity contribution in [1.82, 2.24) is 0 Å². The highest BCUT2D eigenvalue weighted by molar-refractivity contribution is 7.85. The second kappa shape index (κ2) is 2.83. The summed E-state index contributed by atoms with van der Waals surface area (Å²) in [5.74, 6) is -0.339. The van der Waals surface area contributed by atoms with Crippen LogP contribution < -0.4 is 0 Å². The molecule has 2 rings (SSSR count). The van der Waals surface area contributed by atoms with Gasteiger partial charge in [0.1, 0.15) is 5.78 Å². The van der Waals surface area contributed by atoms with Crippen molar-refractivity contribution < 1.29 is 17.8 Å². The van der Waals surface area contributed by atoms with Crippen LogP contribution in [0.5, 0.6) is 0 Å². The van der Waals surface area contributed by atoms with E-state index < -0.39 is 21.3 Å². The van der Waals surface area contributed by atoms with Gasteiger partial charge in [0.2, 0.25) is 0 Å². The molecule has 2 atom stereocenters. The van der Waals surface area contributed by atoms with Crippen molar-refractivity contribution in [3.63, 3.8) is 0 Å². The zero-order valence-corrected chi connectivity index (χ0v) is 9.80. The van der Waals surface area contributed by atoms with Crippen LogP contribution in [-0.4, -0.2) is 24.5 Å².